The SMILES string of the molecule is NC1CCC(OCCNC(=O)Cc2ccc(O)cc2)CC1. The minimum atomic E-state index is -0.0324. The molecule has 0 aliphatic heterocycles. The fourth-order valence-electron chi connectivity index (χ4n) is 2.53. The number of nitrogens with two attached hydrogens (primary N) is 1. The van der Waals surface area contributed by atoms with E-state index in [0.717, 1.165) is 31.2 Å². The molecule has 0 unspecified atom stereocenters. The van der Waals surface area contributed by atoms with Crippen molar-refractivity contribution in [2.24, 2.45) is 5.73 Å². The number of carbonyl (C=O) groups excluding carboxylic acids is 1. The van der Waals surface area contributed by atoms with Crippen LogP contribution in [0.3, 0.4) is 0 Å². The van der Waals surface area contributed by atoms with E-state index >= 15 is 0 Å². The van der Waals surface area contributed by atoms with Gasteiger partial charge in [0.05, 0.1) is 19.1 Å². The van der Waals surface area contributed by atoms with E-state index in [-0.39, 0.29) is 11.7 Å². The lowest BCUT2D eigenvalue weighted by Gasteiger charge is -2.26. The first-order chi connectivity index (χ1) is 10.1. The number of carbonyl (C=O) groups is 1. The van der Waals surface area contributed by atoms with Crippen molar-refractivity contribution in [3.63, 3.8) is 0 Å². The van der Waals surface area contributed by atoms with Crippen molar-refractivity contribution < 1.29 is 14.6 Å². The highest BCUT2D eigenvalue weighted by atomic mass is 16.5. The van der Waals surface area contributed by atoms with Gasteiger partial charge >= 0.3 is 0 Å². The van der Waals surface area contributed by atoms with Crippen LogP contribution in [0.1, 0.15) is 31.2 Å². The Morgan fingerprint density at radius 3 is 2.57 bits per heavy atom. The largest absolute Gasteiger partial charge is 0.508 e. The highest BCUT2D eigenvalue weighted by Crippen LogP contribution is 2.19. The second kappa shape index (κ2) is 8.00. The molecule has 1 aromatic carbocycles. The Morgan fingerprint density at radius 2 is 1.90 bits per heavy atom. The molecule has 0 heterocycles. The maximum absolute atomic E-state index is 11.7. The van der Waals surface area contributed by atoms with E-state index < -0.39 is 0 Å². The van der Waals surface area contributed by atoms with Crippen molar-refractivity contribution in [1.82, 2.24) is 5.32 Å². The number of phenols is 1. The molecule has 0 spiro atoms. The van der Waals surface area contributed by atoms with Crippen LogP contribution in [0.5, 0.6) is 5.75 Å². The summed E-state index contributed by atoms with van der Waals surface area (Å²) in [4.78, 5) is 11.7. The Morgan fingerprint density at radius 1 is 1.24 bits per heavy atom. The van der Waals surface area contributed by atoms with E-state index in [1.807, 2.05) is 0 Å². The predicted octanol–water partition coefficient (Wildman–Crippen LogP) is 1.34. The second-order valence-electron chi connectivity index (χ2n) is 5.60. The van der Waals surface area contributed by atoms with Gasteiger partial charge in [-0.1, -0.05) is 12.1 Å². The fourth-order valence-corrected chi connectivity index (χ4v) is 2.53. The Hall–Kier alpha value is -1.59. The molecule has 0 bridgehead atoms. The van der Waals surface area contributed by atoms with Crippen molar-refractivity contribution >= 4 is 5.91 Å². The van der Waals surface area contributed by atoms with Gasteiger partial charge < -0.3 is 20.9 Å². The predicted molar refractivity (Wildman–Crippen MR) is 81.0 cm³/mol. The van der Waals surface area contributed by atoms with Crippen LogP contribution in [0.25, 0.3) is 0 Å². The number of nitrogens with one attached hydrogen (secondary N) is 1. The van der Waals surface area contributed by atoms with Gasteiger partial charge in [0.25, 0.3) is 0 Å². The minimum absolute atomic E-state index is 0.0324. The second-order valence-corrected chi connectivity index (χ2v) is 5.60. The highest BCUT2D eigenvalue weighted by Gasteiger charge is 2.18. The summed E-state index contributed by atoms with van der Waals surface area (Å²) in [6.45, 7) is 1.07. The molecule has 1 aliphatic carbocycles. The molecule has 1 aromatic rings. The first-order valence-corrected chi connectivity index (χ1v) is 7.55. The van der Waals surface area contributed by atoms with Gasteiger partial charge in [-0.2, -0.15) is 0 Å². The summed E-state index contributed by atoms with van der Waals surface area (Å²) in [5.41, 5.74) is 6.73. The molecule has 1 aliphatic rings. The van der Waals surface area contributed by atoms with Crippen molar-refractivity contribution in [2.75, 3.05) is 13.2 Å². The summed E-state index contributed by atoms with van der Waals surface area (Å²) in [6, 6.07) is 6.99. The number of ether oxygens (including phenoxy) is 1. The van der Waals surface area contributed by atoms with E-state index in [4.69, 9.17) is 10.5 Å². The molecule has 5 nitrogen and oxygen atoms in total. The van der Waals surface area contributed by atoms with Crippen LogP contribution in [-0.2, 0) is 16.0 Å². The maximum Gasteiger partial charge on any atom is 0.224 e. The molecule has 0 radical (unpaired) electrons. The van der Waals surface area contributed by atoms with Crippen molar-refractivity contribution in [3.05, 3.63) is 29.8 Å². The molecule has 5 heteroatoms. The lowest BCUT2D eigenvalue weighted by atomic mass is 9.94. The number of amides is 1. The van der Waals surface area contributed by atoms with Gasteiger partial charge in [0.1, 0.15) is 5.75 Å². The van der Waals surface area contributed by atoms with Gasteiger partial charge in [0, 0.05) is 12.6 Å². The minimum Gasteiger partial charge on any atom is -0.508 e. The Kier molecular flexibility index (Phi) is 6.02. The molecule has 1 saturated carbocycles. The maximum atomic E-state index is 11.7. The van der Waals surface area contributed by atoms with Crippen molar-refractivity contribution in [3.8, 4) is 5.75 Å². The Labute approximate surface area is 125 Å². The zero-order valence-electron chi connectivity index (χ0n) is 12.3. The number of benzene rings is 1. The average Bonchev–Trinajstić information content (AvgIpc) is 2.48. The molecule has 0 atom stereocenters. The normalized spacial score (nSPS) is 22.0. The summed E-state index contributed by atoms with van der Waals surface area (Å²) in [6.07, 6.45) is 4.69. The van der Waals surface area contributed by atoms with Gasteiger partial charge in [0.15, 0.2) is 0 Å². The molecule has 2 rings (SSSR count). The topological polar surface area (TPSA) is 84.6 Å². The average molecular weight is 292 g/mol. The first kappa shape index (κ1) is 15.8. The zero-order valence-corrected chi connectivity index (χ0v) is 12.3. The monoisotopic (exact) mass is 292 g/mol. The van der Waals surface area contributed by atoms with Gasteiger partial charge in [-0.15, -0.1) is 0 Å². The summed E-state index contributed by atoms with van der Waals surface area (Å²) < 4.78 is 5.74. The van der Waals surface area contributed by atoms with Gasteiger partial charge in [-0.25, -0.2) is 0 Å². The van der Waals surface area contributed by atoms with Crippen LogP contribution < -0.4 is 11.1 Å². The number of aromatic hydroxyl groups is 1. The quantitative estimate of drug-likeness (QED) is 0.691. The van der Waals surface area contributed by atoms with Crippen molar-refractivity contribution in [1.29, 1.82) is 0 Å². The molecule has 4 N–H and O–H groups in total. The molecule has 0 aromatic heterocycles. The van der Waals surface area contributed by atoms with Gasteiger partial charge in [-0.3, -0.25) is 4.79 Å². The van der Waals surface area contributed by atoms with Crippen LogP contribution in [0, 0.1) is 0 Å². The summed E-state index contributed by atoms with van der Waals surface area (Å²) in [5, 5.41) is 12.0. The van der Waals surface area contributed by atoms with Crippen LogP contribution in [-0.4, -0.2) is 36.3 Å². The van der Waals surface area contributed by atoms with E-state index in [1.54, 1.807) is 24.3 Å². The van der Waals surface area contributed by atoms with E-state index in [9.17, 15) is 9.90 Å². The third-order valence-electron chi connectivity index (χ3n) is 3.80. The molecule has 116 valence electrons. The third-order valence-corrected chi connectivity index (χ3v) is 3.80. The van der Waals surface area contributed by atoms with E-state index in [2.05, 4.69) is 5.32 Å². The molecule has 21 heavy (non-hydrogen) atoms. The zero-order chi connectivity index (χ0) is 15.1. The fraction of sp³-hybridized carbons (Fsp3) is 0.562. The molecular formula is C16H24N2O3. The van der Waals surface area contributed by atoms with Crippen LogP contribution in [0.15, 0.2) is 24.3 Å². The summed E-state index contributed by atoms with van der Waals surface area (Å²) >= 11 is 0. The molecular weight excluding hydrogens is 268 g/mol. The molecule has 0 saturated heterocycles. The highest BCUT2D eigenvalue weighted by molar-refractivity contribution is 5.78. The number of rotatable bonds is 6. The van der Waals surface area contributed by atoms with Crippen LogP contribution in [0.2, 0.25) is 0 Å². The molecule has 1 amide bonds. The number of hydrogen-bond donors (Lipinski definition) is 3. The van der Waals surface area contributed by atoms with Crippen molar-refractivity contribution in [2.45, 2.75) is 44.2 Å². The Bertz CT molecular complexity index is 439. The summed E-state index contributed by atoms with van der Waals surface area (Å²) in [5.74, 6) is 0.176. The lowest BCUT2D eigenvalue weighted by molar-refractivity contribution is -0.120. The summed E-state index contributed by atoms with van der Waals surface area (Å²) in [7, 11) is 0. The standard InChI is InChI=1S/C16H24N2O3/c17-13-3-7-15(8-4-13)21-10-9-18-16(20)11-12-1-5-14(19)6-2-12/h1-2,5-6,13,15,19H,3-4,7-11,17H2,(H,18,20). The van der Waals surface area contributed by atoms with Gasteiger partial charge in [-0.05, 0) is 43.4 Å². The van der Waals surface area contributed by atoms with Crippen LogP contribution in [0.4, 0.5) is 0 Å². The first-order valence-electron chi connectivity index (χ1n) is 7.55. The van der Waals surface area contributed by atoms with Crippen LogP contribution >= 0.6 is 0 Å². The third kappa shape index (κ3) is 5.73. The number of hydrogen-bond acceptors (Lipinski definition) is 4. The Balaban J connectivity index is 1.58. The smallest absolute Gasteiger partial charge is 0.224 e. The number of phenolic OH excluding ortho intramolecular Hbond substituents is 1. The van der Waals surface area contributed by atoms with E-state index in [0.29, 0.717) is 31.7 Å². The van der Waals surface area contributed by atoms with E-state index in [1.165, 1.54) is 0 Å². The lowest BCUT2D eigenvalue weighted by Crippen LogP contribution is -2.33. The van der Waals surface area contributed by atoms with Gasteiger partial charge in [0.2, 0.25) is 5.91 Å². The molecule has 1 fully saturated rings.